The molecule has 2 aromatic carbocycles. The number of amides is 1. The van der Waals surface area contributed by atoms with Crippen molar-refractivity contribution in [1.29, 1.82) is 0 Å². The van der Waals surface area contributed by atoms with Crippen molar-refractivity contribution in [3.05, 3.63) is 57.6 Å². The number of rotatable bonds is 9. The second kappa shape index (κ2) is 11.6. The van der Waals surface area contributed by atoms with Gasteiger partial charge in [0.25, 0.3) is 5.91 Å². The topological polar surface area (TPSA) is 83.1 Å². The van der Waals surface area contributed by atoms with Gasteiger partial charge >= 0.3 is 5.97 Å². The Hall–Kier alpha value is -2.90. The van der Waals surface area contributed by atoms with Crippen molar-refractivity contribution < 1.29 is 28.5 Å². The molecule has 0 aliphatic rings. The monoisotopic (exact) mass is 481 g/mol. The van der Waals surface area contributed by atoms with Gasteiger partial charge in [-0.05, 0) is 43.7 Å². The smallest absolute Gasteiger partial charge is 0.331 e. The molecule has 172 valence electrons. The van der Waals surface area contributed by atoms with Gasteiger partial charge < -0.3 is 24.3 Å². The fourth-order valence-corrected chi connectivity index (χ4v) is 3.44. The molecule has 7 nitrogen and oxygen atoms in total. The van der Waals surface area contributed by atoms with Crippen LogP contribution in [0.4, 0.5) is 0 Å². The number of nitrogens with one attached hydrogen (secondary N) is 1. The third kappa shape index (κ3) is 6.55. The van der Waals surface area contributed by atoms with Gasteiger partial charge in [0, 0.05) is 27.8 Å². The zero-order valence-electron chi connectivity index (χ0n) is 18.4. The summed E-state index contributed by atoms with van der Waals surface area (Å²) in [5.41, 5.74) is 1.27. The van der Waals surface area contributed by atoms with Crippen LogP contribution in [0.1, 0.15) is 31.0 Å². The van der Waals surface area contributed by atoms with Crippen LogP contribution in [0.5, 0.6) is 17.2 Å². The van der Waals surface area contributed by atoms with E-state index in [0.29, 0.717) is 38.4 Å². The summed E-state index contributed by atoms with van der Waals surface area (Å²) < 4.78 is 21.0. The van der Waals surface area contributed by atoms with Crippen LogP contribution >= 0.6 is 23.2 Å². The zero-order valence-corrected chi connectivity index (χ0v) is 19.9. The maximum absolute atomic E-state index is 12.4. The van der Waals surface area contributed by atoms with E-state index in [1.165, 1.54) is 40.4 Å². The maximum Gasteiger partial charge on any atom is 0.331 e. The summed E-state index contributed by atoms with van der Waals surface area (Å²) in [7, 11) is 4.51. The largest absolute Gasteiger partial charge is 0.496 e. The van der Waals surface area contributed by atoms with Crippen LogP contribution in [0.15, 0.2) is 36.4 Å². The molecule has 0 aromatic heterocycles. The predicted octanol–water partition coefficient (Wildman–Crippen LogP) is 4.84. The highest BCUT2D eigenvalue weighted by Crippen LogP contribution is 2.35. The molecule has 0 aliphatic heterocycles. The molecule has 2 aromatic rings. The molecule has 0 saturated heterocycles. The Balaban J connectivity index is 2.03. The van der Waals surface area contributed by atoms with Gasteiger partial charge in [-0.1, -0.05) is 29.3 Å². The first-order valence-electron chi connectivity index (χ1n) is 9.64. The lowest BCUT2D eigenvalue weighted by molar-refractivity contribution is -0.150. The van der Waals surface area contributed by atoms with Gasteiger partial charge in [0.1, 0.15) is 5.75 Å². The van der Waals surface area contributed by atoms with Crippen LogP contribution in [0, 0.1) is 0 Å². The number of benzene rings is 2. The van der Waals surface area contributed by atoms with Crippen molar-refractivity contribution in [2.24, 2.45) is 0 Å². The fourth-order valence-electron chi connectivity index (χ4n) is 2.87. The first-order valence-corrected chi connectivity index (χ1v) is 10.4. The van der Waals surface area contributed by atoms with Crippen molar-refractivity contribution in [3.63, 3.8) is 0 Å². The molecule has 0 fully saturated rings. The molecule has 0 bridgehead atoms. The molecule has 2 atom stereocenters. The van der Waals surface area contributed by atoms with E-state index < -0.39 is 24.0 Å². The van der Waals surface area contributed by atoms with Crippen LogP contribution in [0.25, 0.3) is 6.08 Å². The molecule has 0 saturated carbocycles. The van der Waals surface area contributed by atoms with Crippen LogP contribution in [-0.4, -0.2) is 39.3 Å². The van der Waals surface area contributed by atoms with Crippen molar-refractivity contribution in [2.45, 2.75) is 26.0 Å². The fraction of sp³-hybridized carbons (Fsp3) is 0.304. The normalized spacial score (nSPS) is 12.7. The number of carbonyl (C=O) groups excluding carboxylic acids is 2. The Bertz CT molecular complexity index is 1010. The van der Waals surface area contributed by atoms with E-state index in [0.717, 1.165) is 0 Å². The van der Waals surface area contributed by atoms with Gasteiger partial charge in [-0.15, -0.1) is 0 Å². The third-order valence-electron chi connectivity index (χ3n) is 4.58. The van der Waals surface area contributed by atoms with E-state index in [1.54, 1.807) is 37.3 Å². The summed E-state index contributed by atoms with van der Waals surface area (Å²) in [6, 6.07) is 7.91. The predicted molar refractivity (Wildman–Crippen MR) is 124 cm³/mol. The van der Waals surface area contributed by atoms with Crippen molar-refractivity contribution in [1.82, 2.24) is 5.32 Å². The summed E-state index contributed by atoms with van der Waals surface area (Å²) in [5, 5.41) is 3.69. The van der Waals surface area contributed by atoms with E-state index in [1.807, 2.05) is 0 Å². The van der Waals surface area contributed by atoms with Gasteiger partial charge in [0.15, 0.2) is 17.6 Å². The van der Waals surface area contributed by atoms with E-state index in [4.69, 9.17) is 42.1 Å². The first kappa shape index (κ1) is 25.4. The molecule has 0 radical (unpaired) electrons. The Morgan fingerprint density at radius 2 is 1.56 bits per heavy atom. The highest BCUT2D eigenvalue weighted by Gasteiger charge is 2.20. The van der Waals surface area contributed by atoms with Crippen LogP contribution < -0.4 is 19.5 Å². The van der Waals surface area contributed by atoms with E-state index >= 15 is 0 Å². The van der Waals surface area contributed by atoms with Gasteiger partial charge in [-0.25, -0.2) is 4.79 Å². The average molecular weight is 482 g/mol. The lowest BCUT2D eigenvalue weighted by atomic mass is 10.1. The molecule has 0 aliphatic carbocycles. The zero-order chi connectivity index (χ0) is 23.8. The van der Waals surface area contributed by atoms with Crippen molar-refractivity contribution in [2.75, 3.05) is 21.3 Å². The van der Waals surface area contributed by atoms with Crippen LogP contribution in [0.3, 0.4) is 0 Å². The van der Waals surface area contributed by atoms with E-state index in [9.17, 15) is 9.59 Å². The van der Waals surface area contributed by atoms with E-state index in [2.05, 4.69) is 5.32 Å². The minimum absolute atomic E-state index is 0.403. The van der Waals surface area contributed by atoms with Gasteiger partial charge in [0.2, 0.25) is 0 Å². The van der Waals surface area contributed by atoms with Gasteiger partial charge in [-0.2, -0.15) is 0 Å². The van der Waals surface area contributed by atoms with Crippen molar-refractivity contribution in [3.8, 4) is 17.2 Å². The van der Waals surface area contributed by atoms with Crippen LogP contribution in [0.2, 0.25) is 10.0 Å². The molecule has 9 heteroatoms. The third-order valence-corrected chi connectivity index (χ3v) is 5.15. The molecule has 2 unspecified atom stereocenters. The maximum atomic E-state index is 12.4. The van der Waals surface area contributed by atoms with Gasteiger partial charge in [0.05, 0.1) is 27.4 Å². The van der Waals surface area contributed by atoms with E-state index in [-0.39, 0.29) is 0 Å². The minimum atomic E-state index is -1.02. The standard InChI is InChI=1S/C23H25Cl2NO6/c1-13(17-8-7-16(24)11-18(17)25)26-23(28)14(2)32-22(27)9-6-15-10-20(30-4)21(31-5)12-19(15)29-3/h6-14H,1-5H3,(H,26,28)/b9-6+. The molecule has 1 amide bonds. The second-order valence-corrected chi connectivity index (χ2v) is 7.60. The quantitative estimate of drug-likeness (QED) is 0.407. The summed E-state index contributed by atoms with van der Waals surface area (Å²) in [5.74, 6) is 0.287. The molecule has 1 N–H and O–H groups in total. The minimum Gasteiger partial charge on any atom is -0.496 e. The first-order chi connectivity index (χ1) is 15.2. The number of carbonyl (C=O) groups is 2. The lowest BCUT2D eigenvalue weighted by Crippen LogP contribution is -2.37. The number of methoxy groups -OCH3 is 3. The van der Waals surface area contributed by atoms with Crippen molar-refractivity contribution >= 4 is 41.2 Å². The molecular formula is C23H25Cl2NO6. The molecule has 32 heavy (non-hydrogen) atoms. The molecule has 2 rings (SSSR count). The molecule has 0 spiro atoms. The number of halogens is 2. The highest BCUT2D eigenvalue weighted by atomic mass is 35.5. The van der Waals surface area contributed by atoms with Crippen LogP contribution in [-0.2, 0) is 14.3 Å². The second-order valence-electron chi connectivity index (χ2n) is 6.76. The molecule has 0 heterocycles. The number of ether oxygens (including phenoxy) is 4. The summed E-state index contributed by atoms with van der Waals surface area (Å²) in [4.78, 5) is 24.7. The number of esters is 1. The SMILES string of the molecule is COc1cc(OC)c(OC)cc1/C=C/C(=O)OC(C)C(=O)NC(C)c1ccc(Cl)cc1Cl. The summed E-state index contributed by atoms with van der Waals surface area (Å²) >= 11 is 12.1. The van der Waals surface area contributed by atoms with Gasteiger partial charge in [-0.3, -0.25) is 4.79 Å². The summed E-state index contributed by atoms with van der Waals surface area (Å²) in [6.07, 6.45) is 1.68. The Morgan fingerprint density at radius 1 is 0.938 bits per heavy atom. The summed E-state index contributed by atoms with van der Waals surface area (Å²) in [6.45, 7) is 3.25. The Kier molecular flexibility index (Phi) is 9.23. The average Bonchev–Trinajstić information content (AvgIpc) is 2.76. The lowest BCUT2D eigenvalue weighted by Gasteiger charge is -2.19. The highest BCUT2D eigenvalue weighted by molar-refractivity contribution is 6.35. The number of hydrogen-bond acceptors (Lipinski definition) is 6. The Morgan fingerprint density at radius 3 is 2.16 bits per heavy atom. The molecular weight excluding hydrogens is 457 g/mol. The number of hydrogen-bond donors (Lipinski definition) is 1. The Labute approximate surface area is 197 Å².